The van der Waals surface area contributed by atoms with Crippen molar-refractivity contribution in [3.63, 3.8) is 0 Å². The maximum Gasteiger partial charge on any atom is 0.451 e. The van der Waals surface area contributed by atoms with E-state index in [2.05, 4.69) is 20.1 Å². The monoisotopic (exact) mass is 340 g/mol. The second-order valence-corrected chi connectivity index (χ2v) is 6.13. The molecular formula is C14H11F3N4OS. The lowest BCUT2D eigenvalue weighted by atomic mass is 10.2. The molecule has 9 heteroatoms. The number of rotatable bonds is 3. The van der Waals surface area contributed by atoms with Crippen LogP contribution in [0.25, 0.3) is 10.9 Å². The Hall–Kier alpha value is -2.16. The first-order chi connectivity index (χ1) is 10.8. The van der Waals surface area contributed by atoms with Crippen molar-refractivity contribution in [2.24, 2.45) is 0 Å². The Labute approximate surface area is 133 Å². The van der Waals surface area contributed by atoms with Crippen LogP contribution in [-0.4, -0.2) is 20.1 Å². The van der Waals surface area contributed by atoms with Gasteiger partial charge in [0.1, 0.15) is 5.03 Å². The largest absolute Gasteiger partial charge is 0.451 e. The van der Waals surface area contributed by atoms with Gasteiger partial charge in [-0.15, -0.1) is 0 Å². The SMILES string of the molecule is Cc1nc([C@@H](C)Sc2nc(C(F)(F)F)nc3ccccc23)no1. The molecule has 120 valence electrons. The van der Waals surface area contributed by atoms with E-state index in [0.717, 1.165) is 11.8 Å². The van der Waals surface area contributed by atoms with E-state index in [9.17, 15) is 13.2 Å². The first-order valence-electron chi connectivity index (χ1n) is 6.65. The molecule has 1 atom stereocenters. The third-order valence-corrected chi connectivity index (χ3v) is 4.12. The predicted molar refractivity (Wildman–Crippen MR) is 77.8 cm³/mol. The molecule has 2 heterocycles. The molecule has 0 N–H and O–H groups in total. The highest BCUT2D eigenvalue weighted by atomic mass is 32.2. The number of aromatic nitrogens is 4. The molecule has 2 aromatic heterocycles. The lowest BCUT2D eigenvalue weighted by Crippen LogP contribution is -2.12. The summed E-state index contributed by atoms with van der Waals surface area (Å²) in [6, 6.07) is 6.58. The first-order valence-corrected chi connectivity index (χ1v) is 7.53. The molecule has 0 radical (unpaired) electrons. The average molecular weight is 340 g/mol. The highest BCUT2D eigenvalue weighted by Crippen LogP contribution is 2.37. The molecule has 0 saturated carbocycles. The van der Waals surface area contributed by atoms with Crippen LogP contribution < -0.4 is 0 Å². The van der Waals surface area contributed by atoms with Crippen molar-refractivity contribution in [3.8, 4) is 0 Å². The summed E-state index contributed by atoms with van der Waals surface area (Å²) in [6.07, 6.45) is -4.61. The van der Waals surface area contributed by atoms with Gasteiger partial charge in [0.2, 0.25) is 11.7 Å². The number of fused-ring (bicyclic) bond motifs is 1. The van der Waals surface area contributed by atoms with Crippen molar-refractivity contribution in [2.75, 3.05) is 0 Å². The Balaban J connectivity index is 2.04. The van der Waals surface area contributed by atoms with Crippen LogP contribution in [0.2, 0.25) is 0 Å². The fourth-order valence-corrected chi connectivity index (χ4v) is 2.94. The number of thioether (sulfide) groups is 1. The van der Waals surface area contributed by atoms with Gasteiger partial charge >= 0.3 is 6.18 Å². The second kappa shape index (κ2) is 5.80. The average Bonchev–Trinajstić information content (AvgIpc) is 2.93. The number of nitrogens with zero attached hydrogens (tertiary/aromatic N) is 4. The molecule has 0 saturated heterocycles. The van der Waals surface area contributed by atoms with E-state index in [1.807, 2.05) is 0 Å². The number of aryl methyl sites for hydroxylation is 1. The lowest BCUT2D eigenvalue weighted by Gasteiger charge is -2.12. The van der Waals surface area contributed by atoms with Gasteiger partial charge in [-0.2, -0.15) is 18.2 Å². The van der Waals surface area contributed by atoms with Gasteiger partial charge < -0.3 is 4.52 Å². The summed E-state index contributed by atoms with van der Waals surface area (Å²) in [5.41, 5.74) is 0.244. The molecule has 3 aromatic rings. The number of hydrogen-bond acceptors (Lipinski definition) is 6. The Morgan fingerprint density at radius 3 is 2.52 bits per heavy atom. The van der Waals surface area contributed by atoms with Gasteiger partial charge in [0.05, 0.1) is 10.8 Å². The Kier molecular flexibility index (Phi) is 3.97. The maximum atomic E-state index is 13.0. The molecule has 0 aliphatic rings. The number of hydrogen-bond donors (Lipinski definition) is 0. The summed E-state index contributed by atoms with van der Waals surface area (Å²) >= 11 is 1.13. The minimum Gasteiger partial charge on any atom is -0.340 e. The molecule has 1 aromatic carbocycles. The third-order valence-electron chi connectivity index (χ3n) is 3.02. The summed E-state index contributed by atoms with van der Waals surface area (Å²) in [7, 11) is 0. The summed E-state index contributed by atoms with van der Waals surface area (Å²) in [5.74, 6) is -0.352. The van der Waals surface area contributed by atoms with E-state index < -0.39 is 12.0 Å². The van der Waals surface area contributed by atoms with Crippen LogP contribution in [0.5, 0.6) is 0 Å². The maximum absolute atomic E-state index is 13.0. The Bertz CT molecular complexity index is 849. The van der Waals surface area contributed by atoms with Gasteiger partial charge in [-0.25, -0.2) is 9.97 Å². The van der Waals surface area contributed by atoms with Gasteiger partial charge in [0.15, 0.2) is 5.82 Å². The van der Waals surface area contributed by atoms with E-state index in [4.69, 9.17) is 4.52 Å². The van der Waals surface area contributed by atoms with Crippen molar-refractivity contribution in [1.82, 2.24) is 20.1 Å². The molecule has 0 bridgehead atoms. The van der Waals surface area contributed by atoms with E-state index >= 15 is 0 Å². The fraction of sp³-hybridized carbons (Fsp3) is 0.286. The molecule has 0 spiro atoms. The zero-order chi connectivity index (χ0) is 16.6. The summed E-state index contributed by atoms with van der Waals surface area (Å²) < 4.78 is 43.9. The van der Waals surface area contributed by atoms with E-state index in [1.165, 1.54) is 6.07 Å². The van der Waals surface area contributed by atoms with Crippen molar-refractivity contribution >= 4 is 22.7 Å². The quantitative estimate of drug-likeness (QED) is 0.526. The first kappa shape index (κ1) is 15.7. The third kappa shape index (κ3) is 3.29. The topological polar surface area (TPSA) is 64.7 Å². The number of benzene rings is 1. The highest BCUT2D eigenvalue weighted by molar-refractivity contribution is 7.99. The molecule has 0 fully saturated rings. The van der Waals surface area contributed by atoms with Crippen LogP contribution in [-0.2, 0) is 6.18 Å². The van der Waals surface area contributed by atoms with Gasteiger partial charge in [0, 0.05) is 12.3 Å². The van der Waals surface area contributed by atoms with Crippen molar-refractivity contribution < 1.29 is 17.7 Å². The zero-order valence-electron chi connectivity index (χ0n) is 12.1. The van der Waals surface area contributed by atoms with E-state index in [0.29, 0.717) is 17.1 Å². The van der Waals surface area contributed by atoms with Crippen LogP contribution in [0.4, 0.5) is 13.2 Å². The van der Waals surface area contributed by atoms with Crippen LogP contribution in [0, 0.1) is 6.92 Å². The molecule has 0 unspecified atom stereocenters. The second-order valence-electron chi connectivity index (χ2n) is 4.80. The molecule has 0 aliphatic carbocycles. The standard InChI is InChI=1S/C14H11F3N4OS/c1-7(11-18-8(2)22-21-11)23-12-9-5-3-4-6-10(9)19-13(20-12)14(15,16)17/h3-7H,1-2H3/t7-/m1/s1. The number of alkyl halides is 3. The lowest BCUT2D eigenvalue weighted by molar-refractivity contribution is -0.145. The normalized spacial score (nSPS) is 13.4. The predicted octanol–water partition coefficient (Wildman–Crippen LogP) is 4.19. The summed E-state index contributed by atoms with van der Waals surface area (Å²) in [4.78, 5) is 11.4. The molecule has 23 heavy (non-hydrogen) atoms. The zero-order valence-corrected chi connectivity index (χ0v) is 12.9. The molecule has 3 rings (SSSR count). The van der Waals surface area contributed by atoms with E-state index in [-0.39, 0.29) is 15.8 Å². The van der Waals surface area contributed by atoms with Crippen molar-refractivity contribution in [2.45, 2.75) is 30.3 Å². The van der Waals surface area contributed by atoms with Crippen molar-refractivity contribution in [3.05, 3.63) is 41.8 Å². The Morgan fingerprint density at radius 2 is 1.87 bits per heavy atom. The minimum atomic E-state index is -4.61. The van der Waals surface area contributed by atoms with Crippen LogP contribution >= 0.6 is 11.8 Å². The molecule has 0 amide bonds. The molecular weight excluding hydrogens is 329 g/mol. The number of halogens is 3. The van der Waals surface area contributed by atoms with Crippen LogP contribution in [0.15, 0.2) is 33.8 Å². The van der Waals surface area contributed by atoms with E-state index in [1.54, 1.807) is 32.0 Å². The Morgan fingerprint density at radius 1 is 1.13 bits per heavy atom. The minimum absolute atomic E-state index is 0.234. The van der Waals surface area contributed by atoms with Gasteiger partial charge in [-0.05, 0) is 13.0 Å². The number of para-hydroxylation sites is 1. The smallest absolute Gasteiger partial charge is 0.340 e. The van der Waals surface area contributed by atoms with Gasteiger partial charge in [-0.3, -0.25) is 0 Å². The highest BCUT2D eigenvalue weighted by Gasteiger charge is 2.35. The fourth-order valence-electron chi connectivity index (χ4n) is 1.96. The van der Waals surface area contributed by atoms with Crippen LogP contribution in [0.1, 0.15) is 29.7 Å². The van der Waals surface area contributed by atoms with Crippen LogP contribution in [0.3, 0.4) is 0 Å². The molecule has 0 aliphatic heterocycles. The van der Waals surface area contributed by atoms with Crippen molar-refractivity contribution in [1.29, 1.82) is 0 Å². The summed E-state index contributed by atoms with van der Waals surface area (Å²) in [5, 5.41) is 4.26. The summed E-state index contributed by atoms with van der Waals surface area (Å²) in [6.45, 7) is 3.43. The molecule has 5 nitrogen and oxygen atoms in total. The van der Waals surface area contributed by atoms with Gasteiger partial charge in [-0.1, -0.05) is 35.1 Å². The van der Waals surface area contributed by atoms with Gasteiger partial charge in [0.25, 0.3) is 0 Å².